The van der Waals surface area contributed by atoms with E-state index in [1.54, 1.807) is 4.90 Å². The zero-order chi connectivity index (χ0) is 10.6. The van der Waals surface area contributed by atoms with Crippen LogP contribution in [-0.2, 0) is 0 Å². The molecule has 0 aliphatic heterocycles. The van der Waals surface area contributed by atoms with E-state index in [0.29, 0.717) is 12.4 Å². The number of rotatable bonds is 3. The standard InChI is InChI=1S/C11H16N2O/c1-4-14-10-7-5-9(6-8-10)11(12)13(2)3/h5-8,12H,4H2,1-3H3. The molecule has 1 rings (SSSR count). The SMILES string of the molecule is CCOc1ccc(C(=N)N(C)C)cc1. The van der Waals surface area contributed by atoms with Crippen LogP contribution in [-0.4, -0.2) is 31.4 Å². The van der Waals surface area contributed by atoms with Gasteiger partial charge in [0.15, 0.2) is 0 Å². The third-order valence-corrected chi connectivity index (χ3v) is 1.89. The lowest BCUT2D eigenvalue weighted by molar-refractivity contribution is 0.340. The second kappa shape index (κ2) is 4.65. The highest BCUT2D eigenvalue weighted by Gasteiger charge is 2.02. The first kappa shape index (κ1) is 10.6. The van der Waals surface area contributed by atoms with E-state index in [1.165, 1.54) is 0 Å². The van der Waals surface area contributed by atoms with Crippen LogP contribution in [0.4, 0.5) is 0 Å². The molecule has 0 aliphatic rings. The van der Waals surface area contributed by atoms with Crippen LogP contribution >= 0.6 is 0 Å². The zero-order valence-electron chi connectivity index (χ0n) is 8.87. The predicted octanol–water partition coefficient (Wildman–Crippen LogP) is 1.97. The molecule has 0 atom stereocenters. The van der Waals surface area contributed by atoms with Gasteiger partial charge >= 0.3 is 0 Å². The summed E-state index contributed by atoms with van der Waals surface area (Å²) in [6.07, 6.45) is 0. The summed E-state index contributed by atoms with van der Waals surface area (Å²) in [6.45, 7) is 2.63. The first-order valence-electron chi connectivity index (χ1n) is 4.64. The van der Waals surface area contributed by atoms with Crippen molar-refractivity contribution in [3.63, 3.8) is 0 Å². The van der Waals surface area contributed by atoms with E-state index >= 15 is 0 Å². The normalized spacial score (nSPS) is 9.64. The van der Waals surface area contributed by atoms with E-state index < -0.39 is 0 Å². The molecule has 0 heterocycles. The van der Waals surface area contributed by atoms with Crippen LogP contribution in [0, 0.1) is 5.41 Å². The zero-order valence-corrected chi connectivity index (χ0v) is 8.87. The summed E-state index contributed by atoms with van der Waals surface area (Å²) >= 11 is 0. The molecule has 0 amide bonds. The minimum Gasteiger partial charge on any atom is -0.494 e. The van der Waals surface area contributed by atoms with Gasteiger partial charge in [-0.2, -0.15) is 0 Å². The molecule has 3 nitrogen and oxygen atoms in total. The molecule has 0 unspecified atom stereocenters. The fraction of sp³-hybridized carbons (Fsp3) is 0.364. The van der Waals surface area contributed by atoms with Crippen LogP contribution in [0.25, 0.3) is 0 Å². The summed E-state index contributed by atoms with van der Waals surface area (Å²) in [5, 5.41) is 7.74. The molecule has 76 valence electrons. The average Bonchev–Trinajstić information content (AvgIpc) is 2.18. The molecule has 0 spiro atoms. The number of hydrogen-bond donors (Lipinski definition) is 1. The second-order valence-corrected chi connectivity index (χ2v) is 3.20. The van der Waals surface area contributed by atoms with Gasteiger partial charge in [0.25, 0.3) is 0 Å². The monoisotopic (exact) mass is 192 g/mol. The van der Waals surface area contributed by atoms with Gasteiger partial charge in [0.2, 0.25) is 0 Å². The minimum atomic E-state index is 0.507. The molecule has 0 saturated carbocycles. The van der Waals surface area contributed by atoms with Gasteiger partial charge in [0.05, 0.1) is 6.61 Å². The number of nitrogens with zero attached hydrogens (tertiary/aromatic N) is 1. The molecule has 0 radical (unpaired) electrons. The van der Waals surface area contributed by atoms with Gasteiger partial charge in [-0.05, 0) is 31.2 Å². The van der Waals surface area contributed by atoms with Gasteiger partial charge < -0.3 is 9.64 Å². The Morgan fingerprint density at radius 1 is 1.29 bits per heavy atom. The molecule has 0 aromatic heterocycles. The molecular weight excluding hydrogens is 176 g/mol. The van der Waals surface area contributed by atoms with Crippen molar-refractivity contribution in [2.75, 3.05) is 20.7 Å². The lowest BCUT2D eigenvalue weighted by Crippen LogP contribution is -2.21. The molecule has 14 heavy (non-hydrogen) atoms. The van der Waals surface area contributed by atoms with E-state index in [2.05, 4.69) is 0 Å². The molecular formula is C11H16N2O. The Morgan fingerprint density at radius 3 is 2.29 bits per heavy atom. The van der Waals surface area contributed by atoms with Crippen molar-refractivity contribution in [1.29, 1.82) is 5.41 Å². The Hall–Kier alpha value is -1.51. The number of ether oxygens (including phenoxy) is 1. The van der Waals surface area contributed by atoms with E-state index in [-0.39, 0.29) is 0 Å². The van der Waals surface area contributed by atoms with Gasteiger partial charge in [-0.15, -0.1) is 0 Å². The highest BCUT2D eigenvalue weighted by Crippen LogP contribution is 2.12. The van der Waals surface area contributed by atoms with E-state index in [0.717, 1.165) is 11.3 Å². The lowest BCUT2D eigenvalue weighted by Gasteiger charge is -2.13. The van der Waals surface area contributed by atoms with Gasteiger partial charge in [-0.1, -0.05) is 0 Å². The van der Waals surface area contributed by atoms with Gasteiger partial charge in [0.1, 0.15) is 11.6 Å². The van der Waals surface area contributed by atoms with E-state index in [9.17, 15) is 0 Å². The average molecular weight is 192 g/mol. The topological polar surface area (TPSA) is 36.3 Å². The van der Waals surface area contributed by atoms with Crippen molar-refractivity contribution < 1.29 is 4.74 Å². The van der Waals surface area contributed by atoms with Crippen molar-refractivity contribution in [1.82, 2.24) is 4.90 Å². The largest absolute Gasteiger partial charge is 0.494 e. The number of hydrogen-bond acceptors (Lipinski definition) is 2. The van der Waals surface area contributed by atoms with Crippen LogP contribution in [0.15, 0.2) is 24.3 Å². The highest BCUT2D eigenvalue weighted by molar-refractivity contribution is 5.96. The molecule has 3 heteroatoms. The van der Waals surface area contributed by atoms with Gasteiger partial charge in [0, 0.05) is 19.7 Å². The van der Waals surface area contributed by atoms with Crippen LogP contribution in [0.5, 0.6) is 5.75 Å². The van der Waals surface area contributed by atoms with Crippen molar-refractivity contribution in [2.45, 2.75) is 6.92 Å². The molecule has 0 bridgehead atoms. The van der Waals surface area contributed by atoms with Gasteiger partial charge in [-0.25, -0.2) is 0 Å². The fourth-order valence-electron chi connectivity index (χ4n) is 1.13. The summed E-state index contributed by atoms with van der Waals surface area (Å²) in [5.74, 6) is 1.36. The summed E-state index contributed by atoms with van der Waals surface area (Å²) in [4.78, 5) is 1.77. The fourth-order valence-corrected chi connectivity index (χ4v) is 1.13. The second-order valence-electron chi connectivity index (χ2n) is 3.20. The molecule has 1 aromatic rings. The Kier molecular flexibility index (Phi) is 3.51. The summed E-state index contributed by atoms with van der Waals surface area (Å²) in [5.41, 5.74) is 0.901. The molecule has 0 saturated heterocycles. The van der Waals surface area contributed by atoms with Gasteiger partial charge in [-0.3, -0.25) is 5.41 Å². The maximum absolute atomic E-state index is 7.74. The maximum Gasteiger partial charge on any atom is 0.127 e. The number of benzene rings is 1. The van der Waals surface area contributed by atoms with Crippen molar-refractivity contribution in [3.8, 4) is 5.75 Å². The van der Waals surface area contributed by atoms with Crippen molar-refractivity contribution in [3.05, 3.63) is 29.8 Å². The Bertz CT molecular complexity index is 304. The molecule has 1 aromatic carbocycles. The van der Waals surface area contributed by atoms with E-state index in [4.69, 9.17) is 10.1 Å². The third kappa shape index (κ3) is 2.49. The maximum atomic E-state index is 7.74. The summed E-state index contributed by atoms with van der Waals surface area (Å²) in [7, 11) is 3.72. The molecule has 0 fully saturated rings. The van der Waals surface area contributed by atoms with Crippen LogP contribution in [0.3, 0.4) is 0 Å². The Morgan fingerprint density at radius 2 is 1.86 bits per heavy atom. The summed E-state index contributed by atoms with van der Waals surface area (Å²) in [6, 6.07) is 7.56. The smallest absolute Gasteiger partial charge is 0.127 e. The van der Waals surface area contributed by atoms with Crippen LogP contribution in [0.2, 0.25) is 0 Å². The van der Waals surface area contributed by atoms with Crippen LogP contribution < -0.4 is 4.74 Å². The van der Waals surface area contributed by atoms with Crippen molar-refractivity contribution >= 4 is 5.84 Å². The molecule has 0 aliphatic carbocycles. The van der Waals surface area contributed by atoms with E-state index in [1.807, 2.05) is 45.3 Å². The predicted molar refractivity (Wildman–Crippen MR) is 58.1 cm³/mol. The summed E-state index contributed by atoms with van der Waals surface area (Å²) < 4.78 is 5.32. The number of nitrogens with one attached hydrogen (secondary N) is 1. The molecule has 1 N–H and O–H groups in total. The van der Waals surface area contributed by atoms with Crippen molar-refractivity contribution in [2.24, 2.45) is 0 Å². The number of amidine groups is 1. The Labute approximate surface area is 84.8 Å². The first-order chi connectivity index (χ1) is 6.65. The third-order valence-electron chi connectivity index (χ3n) is 1.89. The lowest BCUT2D eigenvalue weighted by atomic mass is 10.2. The quantitative estimate of drug-likeness (QED) is 0.587. The van der Waals surface area contributed by atoms with Crippen LogP contribution in [0.1, 0.15) is 12.5 Å². The first-order valence-corrected chi connectivity index (χ1v) is 4.64. The highest BCUT2D eigenvalue weighted by atomic mass is 16.5. The minimum absolute atomic E-state index is 0.507. The Balaban J connectivity index is 2.78.